The first-order chi connectivity index (χ1) is 28.8. The van der Waals surface area contributed by atoms with Gasteiger partial charge in [0, 0.05) is 33.1 Å². The summed E-state index contributed by atoms with van der Waals surface area (Å²) in [5, 5.41) is 7.04. The number of rotatable bonds is 6. The predicted octanol–water partition coefficient (Wildman–Crippen LogP) is 14.8. The molecule has 12 aromatic rings. The lowest BCUT2D eigenvalue weighted by Crippen LogP contribution is -2.10. The second-order valence-electron chi connectivity index (χ2n) is 14.7. The molecule has 0 spiro atoms. The predicted molar refractivity (Wildman–Crippen MR) is 239 cm³/mol. The van der Waals surface area contributed by atoms with Crippen molar-refractivity contribution in [2.24, 2.45) is 0 Å². The van der Waals surface area contributed by atoms with Gasteiger partial charge >= 0.3 is 0 Å². The minimum absolute atomic E-state index is 0.584. The normalized spacial score (nSPS) is 11.8. The summed E-state index contributed by atoms with van der Waals surface area (Å²) in [6, 6.07) is 70.2. The first kappa shape index (κ1) is 32.4. The summed E-state index contributed by atoms with van der Waals surface area (Å²) in [5.41, 5.74) is 12.8. The van der Waals surface area contributed by atoms with Crippen LogP contribution in [0.2, 0.25) is 0 Å². The van der Waals surface area contributed by atoms with Crippen molar-refractivity contribution < 1.29 is 8.83 Å². The molecular weight excluding hydrogens is 711 g/mol. The molecule has 5 nitrogen and oxygen atoms in total. The second-order valence-corrected chi connectivity index (χ2v) is 14.7. The Hall–Kier alpha value is -7.89. The third kappa shape index (κ3) is 4.93. The molecule has 0 saturated heterocycles. The van der Waals surface area contributed by atoms with E-state index in [0.717, 1.165) is 61.3 Å². The topological polar surface area (TPSA) is 47.3 Å². The summed E-state index contributed by atoms with van der Waals surface area (Å²) < 4.78 is 15.5. The molecule has 0 atom stereocenters. The van der Waals surface area contributed by atoms with Crippen LogP contribution in [0, 0.1) is 0 Å². The molecule has 0 fully saturated rings. The molecule has 0 N–H and O–H groups in total. The van der Waals surface area contributed by atoms with Crippen molar-refractivity contribution in [2.75, 3.05) is 4.90 Å². The van der Waals surface area contributed by atoms with Gasteiger partial charge in [-0.1, -0.05) is 121 Å². The van der Waals surface area contributed by atoms with Crippen LogP contribution in [-0.2, 0) is 0 Å². The number of aromatic nitrogens is 2. The van der Waals surface area contributed by atoms with E-state index in [1.807, 2.05) is 54.6 Å². The van der Waals surface area contributed by atoms with E-state index in [0.29, 0.717) is 11.5 Å². The lowest BCUT2D eigenvalue weighted by Gasteiger charge is -2.26. The molecule has 58 heavy (non-hydrogen) atoms. The standard InChI is InChI=1S/C53H33N3O2/c1-3-15-35(16-4-1)53-54-43-23-13-26-46(52(43)58-53)56(45-25-14-28-49-51(45)41-22-10-12-27-48(41)57-49)37-31-29-34(30-32-37)42-33-47-50(39-20-8-7-19-38(39)42)40-21-9-11-24-44(40)55(47)36-17-5-2-6-18-36/h1-33H. The molecule has 0 aliphatic heterocycles. The van der Waals surface area contributed by atoms with Crippen molar-refractivity contribution in [3.05, 3.63) is 200 Å². The molecule has 12 rings (SSSR count). The molecule has 0 aliphatic rings. The Labute approximate surface area is 333 Å². The Kier molecular flexibility index (Phi) is 7.16. The molecule has 0 radical (unpaired) electrons. The van der Waals surface area contributed by atoms with Crippen molar-refractivity contribution in [3.63, 3.8) is 0 Å². The number of oxazole rings is 1. The maximum absolute atomic E-state index is 6.67. The maximum atomic E-state index is 6.67. The van der Waals surface area contributed by atoms with Gasteiger partial charge < -0.3 is 18.3 Å². The number of furan rings is 1. The van der Waals surface area contributed by atoms with Crippen LogP contribution in [-0.4, -0.2) is 9.55 Å². The third-order valence-corrected chi connectivity index (χ3v) is 11.4. The van der Waals surface area contributed by atoms with Gasteiger partial charge in [-0.3, -0.25) is 0 Å². The Balaban J connectivity index is 1.08. The van der Waals surface area contributed by atoms with Gasteiger partial charge in [-0.25, -0.2) is 4.98 Å². The van der Waals surface area contributed by atoms with Crippen LogP contribution in [0.4, 0.5) is 17.1 Å². The molecule has 9 aromatic carbocycles. The van der Waals surface area contributed by atoms with E-state index in [1.165, 1.54) is 38.1 Å². The van der Waals surface area contributed by atoms with Crippen LogP contribution in [0.1, 0.15) is 0 Å². The quantitative estimate of drug-likeness (QED) is 0.170. The van der Waals surface area contributed by atoms with Crippen LogP contribution in [0.15, 0.2) is 209 Å². The van der Waals surface area contributed by atoms with Crippen LogP contribution in [0.25, 0.3) is 93.9 Å². The highest BCUT2D eigenvalue weighted by atomic mass is 16.3. The van der Waals surface area contributed by atoms with Crippen molar-refractivity contribution in [1.29, 1.82) is 0 Å². The molecule has 3 aromatic heterocycles. The monoisotopic (exact) mass is 743 g/mol. The number of hydrogen-bond donors (Lipinski definition) is 0. The Bertz CT molecular complexity index is 3510. The summed E-state index contributed by atoms with van der Waals surface area (Å²) in [6.45, 7) is 0. The largest absolute Gasteiger partial charge is 0.456 e. The first-order valence-corrected chi connectivity index (χ1v) is 19.5. The molecular formula is C53H33N3O2. The molecule has 0 aliphatic carbocycles. The van der Waals surface area contributed by atoms with E-state index >= 15 is 0 Å². The van der Waals surface area contributed by atoms with Gasteiger partial charge in [0.25, 0.3) is 0 Å². The fraction of sp³-hybridized carbons (Fsp3) is 0. The second kappa shape index (κ2) is 12.8. The molecule has 0 unspecified atom stereocenters. The zero-order valence-electron chi connectivity index (χ0n) is 31.2. The number of hydrogen-bond acceptors (Lipinski definition) is 4. The minimum Gasteiger partial charge on any atom is -0.456 e. The summed E-state index contributed by atoms with van der Waals surface area (Å²) in [4.78, 5) is 7.24. The maximum Gasteiger partial charge on any atom is 0.227 e. The Morgan fingerprint density at radius 2 is 1.09 bits per heavy atom. The Morgan fingerprint density at radius 3 is 1.91 bits per heavy atom. The molecule has 5 heteroatoms. The van der Waals surface area contributed by atoms with Crippen LogP contribution < -0.4 is 4.90 Å². The van der Waals surface area contributed by atoms with Crippen LogP contribution in [0.3, 0.4) is 0 Å². The van der Waals surface area contributed by atoms with Gasteiger partial charge in [-0.15, -0.1) is 0 Å². The highest BCUT2D eigenvalue weighted by molar-refractivity contribution is 6.24. The van der Waals surface area contributed by atoms with Gasteiger partial charge in [-0.2, -0.15) is 0 Å². The molecule has 272 valence electrons. The number of fused-ring (bicyclic) bond motifs is 9. The van der Waals surface area contributed by atoms with E-state index in [9.17, 15) is 0 Å². The van der Waals surface area contributed by atoms with Gasteiger partial charge in [0.05, 0.1) is 27.8 Å². The van der Waals surface area contributed by atoms with Gasteiger partial charge in [0.2, 0.25) is 5.89 Å². The Morgan fingerprint density at radius 1 is 0.431 bits per heavy atom. The van der Waals surface area contributed by atoms with E-state index in [-0.39, 0.29) is 0 Å². The molecule has 3 heterocycles. The van der Waals surface area contributed by atoms with Crippen molar-refractivity contribution in [2.45, 2.75) is 0 Å². The lowest BCUT2D eigenvalue weighted by molar-refractivity contribution is 0.620. The summed E-state index contributed by atoms with van der Waals surface area (Å²) in [5.74, 6) is 0.584. The summed E-state index contributed by atoms with van der Waals surface area (Å²) in [6.07, 6.45) is 0. The third-order valence-electron chi connectivity index (χ3n) is 11.4. The zero-order chi connectivity index (χ0) is 38.2. The lowest BCUT2D eigenvalue weighted by atomic mass is 9.94. The van der Waals surface area contributed by atoms with Crippen molar-refractivity contribution in [3.8, 4) is 28.3 Å². The van der Waals surface area contributed by atoms with Crippen molar-refractivity contribution >= 4 is 82.7 Å². The number of para-hydroxylation sites is 4. The van der Waals surface area contributed by atoms with Gasteiger partial charge in [-0.05, 0) is 101 Å². The number of anilines is 3. The highest BCUT2D eigenvalue weighted by Gasteiger charge is 2.24. The highest BCUT2D eigenvalue weighted by Crippen LogP contribution is 2.47. The van der Waals surface area contributed by atoms with E-state index in [1.54, 1.807) is 0 Å². The molecule has 0 bridgehead atoms. The number of benzene rings is 9. The fourth-order valence-corrected chi connectivity index (χ4v) is 8.88. The summed E-state index contributed by atoms with van der Waals surface area (Å²) >= 11 is 0. The number of nitrogens with zero attached hydrogens (tertiary/aromatic N) is 3. The van der Waals surface area contributed by atoms with Crippen LogP contribution in [0.5, 0.6) is 0 Å². The first-order valence-electron chi connectivity index (χ1n) is 19.5. The van der Waals surface area contributed by atoms with Crippen LogP contribution >= 0.6 is 0 Å². The van der Waals surface area contributed by atoms with E-state index in [4.69, 9.17) is 13.8 Å². The SMILES string of the molecule is c1ccc(-c2nc3cccc(N(c4ccc(-c5cc6c(c7ccccc57)c5ccccc5n6-c5ccccc5)cc4)c4cccc5oc6ccccc6c45)c3o2)cc1. The summed E-state index contributed by atoms with van der Waals surface area (Å²) in [7, 11) is 0. The molecule has 0 saturated carbocycles. The van der Waals surface area contributed by atoms with E-state index < -0.39 is 0 Å². The van der Waals surface area contributed by atoms with E-state index in [2.05, 4.69) is 155 Å². The zero-order valence-corrected chi connectivity index (χ0v) is 31.2. The molecule has 0 amide bonds. The van der Waals surface area contributed by atoms with Gasteiger partial charge in [0.15, 0.2) is 5.58 Å². The average Bonchev–Trinajstić information content (AvgIpc) is 4.00. The minimum atomic E-state index is 0.584. The fourth-order valence-electron chi connectivity index (χ4n) is 8.88. The van der Waals surface area contributed by atoms with Gasteiger partial charge in [0.1, 0.15) is 16.7 Å². The average molecular weight is 744 g/mol. The van der Waals surface area contributed by atoms with Crippen molar-refractivity contribution in [1.82, 2.24) is 9.55 Å². The smallest absolute Gasteiger partial charge is 0.227 e.